The van der Waals surface area contributed by atoms with E-state index in [1.807, 2.05) is 24.3 Å². The monoisotopic (exact) mass is 404 g/mol. The molecule has 4 rings (SSSR count). The Labute approximate surface area is 166 Å². The van der Waals surface area contributed by atoms with Gasteiger partial charge >= 0.3 is 0 Å². The maximum atomic E-state index is 13.5. The van der Waals surface area contributed by atoms with Crippen molar-refractivity contribution < 1.29 is 0 Å². The van der Waals surface area contributed by atoms with Gasteiger partial charge in [-0.15, -0.1) is 11.3 Å². The van der Waals surface area contributed by atoms with E-state index in [0.717, 1.165) is 46.1 Å². The number of nitrogens with zero attached hydrogens (tertiary/aromatic N) is 2. The van der Waals surface area contributed by atoms with E-state index in [9.17, 15) is 4.79 Å². The Morgan fingerprint density at radius 3 is 2.69 bits per heavy atom. The average Bonchev–Trinajstić information content (AvgIpc) is 2.99. The van der Waals surface area contributed by atoms with Crippen LogP contribution in [-0.2, 0) is 12.8 Å². The number of halogens is 1. The van der Waals surface area contributed by atoms with Crippen LogP contribution in [0.3, 0.4) is 0 Å². The van der Waals surface area contributed by atoms with Crippen molar-refractivity contribution in [1.82, 2.24) is 9.55 Å². The number of rotatable bonds is 4. The van der Waals surface area contributed by atoms with E-state index in [1.165, 1.54) is 16.9 Å². The molecule has 0 unspecified atom stereocenters. The van der Waals surface area contributed by atoms with Crippen LogP contribution >= 0.6 is 34.7 Å². The zero-order valence-corrected chi connectivity index (χ0v) is 17.3. The van der Waals surface area contributed by atoms with Crippen LogP contribution in [0, 0.1) is 5.92 Å². The molecule has 0 radical (unpaired) electrons. The molecule has 0 atom stereocenters. The summed E-state index contributed by atoms with van der Waals surface area (Å²) in [6.45, 7) is 4.36. The molecule has 0 saturated heterocycles. The van der Waals surface area contributed by atoms with Gasteiger partial charge in [-0.05, 0) is 61.4 Å². The topological polar surface area (TPSA) is 34.9 Å². The number of aryl methyl sites for hydroxylation is 2. The van der Waals surface area contributed by atoms with Gasteiger partial charge in [0.2, 0.25) is 0 Å². The molecular weight excluding hydrogens is 384 g/mol. The number of thioether (sulfide) groups is 1. The van der Waals surface area contributed by atoms with Crippen LogP contribution in [0.15, 0.2) is 34.2 Å². The van der Waals surface area contributed by atoms with Gasteiger partial charge in [0.25, 0.3) is 5.56 Å². The Bertz CT molecular complexity index is 1010. The third-order valence-electron chi connectivity index (χ3n) is 4.59. The maximum absolute atomic E-state index is 13.5. The fourth-order valence-electron chi connectivity index (χ4n) is 3.34. The molecular formula is C20H21ClN2OS2. The number of hydrogen-bond acceptors (Lipinski definition) is 4. The van der Waals surface area contributed by atoms with Crippen LogP contribution in [0.5, 0.6) is 0 Å². The largest absolute Gasteiger partial charge is 0.268 e. The van der Waals surface area contributed by atoms with Crippen molar-refractivity contribution >= 4 is 44.9 Å². The highest BCUT2D eigenvalue weighted by Gasteiger charge is 2.23. The molecule has 0 aliphatic heterocycles. The molecule has 3 aromatic rings. The van der Waals surface area contributed by atoms with Crippen molar-refractivity contribution in [2.45, 2.75) is 44.7 Å². The first-order valence-corrected chi connectivity index (χ1v) is 11.2. The normalized spacial score (nSPS) is 14.2. The fraction of sp³-hybridized carbons (Fsp3) is 0.400. The SMILES string of the molecule is CC(C)CSc1nc2sc3c(c2c(=O)n1-c1ccc(Cl)cc1)CCCC3. The molecule has 3 nitrogen and oxygen atoms in total. The average molecular weight is 405 g/mol. The fourth-order valence-corrected chi connectivity index (χ4v) is 5.73. The van der Waals surface area contributed by atoms with E-state index < -0.39 is 0 Å². The summed E-state index contributed by atoms with van der Waals surface area (Å²) in [5.74, 6) is 1.46. The maximum Gasteiger partial charge on any atom is 0.267 e. The molecule has 0 saturated carbocycles. The first kappa shape index (κ1) is 18.1. The van der Waals surface area contributed by atoms with E-state index in [0.29, 0.717) is 10.9 Å². The number of fused-ring (bicyclic) bond motifs is 3. The highest BCUT2D eigenvalue weighted by atomic mass is 35.5. The van der Waals surface area contributed by atoms with Gasteiger partial charge in [0.05, 0.1) is 11.1 Å². The summed E-state index contributed by atoms with van der Waals surface area (Å²) in [5.41, 5.74) is 2.12. The third-order valence-corrected chi connectivity index (χ3v) is 7.39. The lowest BCUT2D eigenvalue weighted by Gasteiger charge is -2.14. The van der Waals surface area contributed by atoms with E-state index in [-0.39, 0.29) is 5.56 Å². The van der Waals surface area contributed by atoms with Crippen LogP contribution in [0.2, 0.25) is 5.02 Å². The molecule has 136 valence electrons. The standard InChI is InChI=1S/C20H21ClN2OS2/c1-12(2)11-25-20-22-18-17(15-5-3-4-6-16(15)26-18)19(24)23(20)14-9-7-13(21)8-10-14/h7-10,12H,3-6,11H2,1-2H3. The lowest BCUT2D eigenvalue weighted by atomic mass is 9.97. The minimum atomic E-state index is 0.0583. The third kappa shape index (κ3) is 3.32. The van der Waals surface area contributed by atoms with Gasteiger partial charge in [-0.1, -0.05) is 37.2 Å². The first-order valence-electron chi connectivity index (χ1n) is 9.00. The summed E-state index contributed by atoms with van der Waals surface area (Å²) in [7, 11) is 0. The first-order chi connectivity index (χ1) is 12.5. The summed E-state index contributed by atoms with van der Waals surface area (Å²) in [4.78, 5) is 20.7. The van der Waals surface area contributed by atoms with Crippen LogP contribution in [0.25, 0.3) is 15.9 Å². The highest BCUT2D eigenvalue weighted by Crippen LogP contribution is 2.35. The Morgan fingerprint density at radius 2 is 1.96 bits per heavy atom. The zero-order chi connectivity index (χ0) is 18.3. The van der Waals surface area contributed by atoms with E-state index in [2.05, 4.69) is 13.8 Å². The van der Waals surface area contributed by atoms with Crippen molar-refractivity contribution in [2.75, 3.05) is 5.75 Å². The Morgan fingerprint density at radius 1 is 1.23 bits per heavy atom. The van der Waals surface area contributed by atoms with Gasteiger partial charge in [-0.3, -0.25) is 9.36 Å². The smallest absolute Gasteiger partial charge is 0.267 e. The van der Waals surface area contributed by atoms with Gasteiger partial charge in [0.1, 0.15) is 4.83 Å². The number of aromatic nitrogens is 2. The molecule has 0 amide bonds. The molecule has 0 spiro atoms. The van der Waals surface area contributed by atoms with Gasteiger partial charge in [0.15, 0.2) is 5.16 Å². The van der Waals surface area contributed by atoms with Gasteiger partial charge in [-0.2, -0.15) is 0 Å². The minimum absolute atomic E-state index is 0.0583. The van der Waals surface area contributed by atoms with E-state index in [1.54, 1.807) is 27.7 Å². The summed E-state index contributed by atoms with van der Waals surface area (Å²) in [5, 5.41) is 2.27. The molecule has 1 aromatic carbocycles. The van der Waals surface area contributed by atoms with Crippen LogP contribution in [-0.4, -0.2) is 15.3 Å². The summed E-state index contributed by atoms with van der Waals surface area (Å²) in [6.07, 6.45) is 4.43. The molecule has 26 heavy (non-hydrogen) atoms. The lowest BCUT2D eigenvalue weighted by molar-refractivity contribution is 0.699. The second-order valence-corrected chi connectivity index (χ2v) is 9.61. The predicted molar refractivity (Wildman–Crippen MR) is 112 cm³/mol. The molecule has 2 heterocycles. The van der Waals surface area contributed by atoms with Gasteiger partial charge in [0, 0.05) is 15.7 Å². The molecule has 6 heteroatoms. The molecule has 0 bridgehead atoms. The number of benzene rings is 1. The number of hydrogen-bond donors (Lipinski definition) is 0. The van der Waals surface area contributed by atoms with Crippen molar-refractivity contribution in [3.63, 3.8) is 0 Å². The van der Waals surface area contributed by atoms with Crippen molar-refractivity contribution in [2.24, 2.45) is 5.92 Å². The van der Waals surface area contributed by atoms with Gasteiger partial charge in [-0.25, -0.2) is 4.98 Å². The minimum Gasteiger partial charge on any atom is -0.268 e. The quantitative estimate of drug-likeness (QED) is 0.411. The van der Waals surface area contributed by atoms with Crippen LogP contribution < -0.4 is 5.56 Å². The van der Waals surface area contributed by atoms with Crippen LogP contribution in [0.1, 0.15) is 37.1 Å². The zero-order valence-electron chi connectivity index (χ0n) is 14.9. The van der Waals surface area contributed by atoms with Crippen molar-refractivity contribution in [1.29, 1.82) is 0 Å². The summed E-state index contributed by atoms with van der Waals surface area (Å²) >= 11 is 9.41. The van der Waals surface area contributed by atoms with Crippen molar-refractivity contribution in [3.8, 4) is 5.69 Å². The summed E-state index contributed by atoms with van der Waals surface area (Å²) < 4.78 is 1.77. The second-order valence-electron chi connectivity index (χ2n) is 7.11. The van der Waals surface area contributed by atoms with Crippen molar-refractivity contribution in [3.05, 3.63) is 50.1 Å². The second kappa shape index (κ2) is 7.37. The van der Waals surface area contributed by atoms with E-state index >= 15 is 0 Å². The molecule has 2 aromatic heterocycles. The van der Waals surface area contributed by atoms with Gasteiger partial charge < -0.3 is 0 Å². The van der Waals surface area contributed by atoms with Crippen LogP contribution in [0.4, 0.5) is 0 Å². The Balaban J connectivity index is 1.96. The number of thiophene rings is 1. The molecule has 0 fully saturated rings. The Hall–Kier alpha value is -1.30. The molecule has 0 N–H and O–H groups in total. The summed E-state index contributed by atoms with van der Waals surface area (Å²) in [6, 6.07) is 7.45. The predicted octanol–water partition coefficient (Wildman–Crippen LogP) is 5.73. The Kier molecular flexibility index (Phi) is 5.13. The molecule has 1 aliphatic rings. The lowest BCUT2D eigenvalue weighted by Crippen LogP contribution is -2.22. The highest BCUT2D eigenvalue weighted by molar-refractivity contribution is 7.99. The molecule has 1 aliphatic carbocycles. The van der Waals surface area contributed by atoms with E-state index in [4.69, 9.17) is 16.6 Å².